The maximum atomic E-state index is 13.2. The van der Waals surface area contributed by atoms with E-state index in [9.17, 15) is 4.79 Å². The Morgan fingerprint density at radius 1 is 1.16 bits per heavy atom. The highest BCUT2D eigenvalue weighted by molar-refractivity contribution is 7.19. The Balaban J connectivity index is 1.40. The second kappa shape index (κ2) is 7.63. The number of nitrogens with zero attached hydrogens (tertiary/aromatic N) is 7. The number of rotatable bonds is 4. The van der Waals surface area contributed by atoms with E-state index >= 15 is 0 Å². The molecule has 4 aromatic rings. The lowest BCUT2D eigenvalue weighted by Crippen LogP contribution is -2.33. The van der Waals surface area contributed by atoms with Gasteiger partial charge >= 0.3 is 0 Å². The van der Waals surface area contributed by atoms with Crippen molar-refractivity contribution in [3.05, 3.63) is 41.4 Å². The Morgan fingerprint density at radius 2 is 2.06 bits per heavy atom. The Morgan fingerprint density at radius 3 is 2.88 bits per heavy atom. The third kappa shape index (κ3) is 3.22. The molecule has 32 heavy (non-hydrogen) atoms. The van der Waals surface area contributed by atoms with E-state index in [1.54, 1.807) is 45.7 Å². The molecule has 0 radical (unpaired) electrons. The van der Waals surface area contributed by atoms with Crippen molar-refractivity contribution < 1.29 is 4.79 Å². The fourth-order valence-electron chi connectivity index (χ4n) is 4.57. The van der Waals surface area contributed by atoms with Gasteiger partial charge in [-0.2, -0.15) is 5.10 Å². The number of amides is 1. The van der Waals surface area contributed by atoms with Crippen LogP contribution in [0.25, 0.3) is 21.7 Å². The van der Waals surface area contributed by atoms with Crippen LogP contribution in [0, 0.1) is 0 Å². The maximum absolute atomic E-state index is 13.2. The maximum Gasteiger partial charge on any atom is 0.249 e. The molecule has 1 unspecified atom stereocenters. The molecule has 1 atom stereocenters. The number of hydrogen-bond donors (Lipinski definition) is 1. The number of fused-ring (bicyclic) bond motifs is 3. The SMILES string of the molecule is Cn1cc(N2CCC(Nc3nc(-c4cnccn4)nc4sc5c(c34)CCCC5)C2=O)cn1. The average molecular weight is 447 g/mol. The van der Waals surface area contributed by atoms with Gasteiger partial charge in [-0.1, -0.05) is 0 Å². The van der Waals surface area contributed by atoms with Crippen LogP contribution in [0.2, 0.25) is 0 Å². The van der Waals surface area contributed by atoms with Crippen molar-refractivity contribution in [2.24, 2.45) is 7.05 Å². The van der Waals surface area contributed by atoms with E-state index in [1.165, 1.54) is 23.3 Å². The van der Waals surface area contributed by atoms with Gasteiger partial charge in [0, 0.05) is 37.1 Å². The number of thiophene rings is 1. The van der Waals surface area contributed by atoms with Crippen LogP contribution in [0.15, 0.2) is 31.0 Å². The molecule has 1 amide bonds. The summed E-state index contributed by atoms with van der Waals surface area (Å²) in [5, 5.41) is 8.74. The predicted octanol–water partition coefficient (Wildman–Crippen LogP) is 2.98. The smallest absolute Gasteiger partial charge is 0.249 e. The summed E-state index contributed by atoms with van der Waals surface area (Å²) in [7, 11) is 1.85. The lowest BCUT2D eigenvalue weighted by molar-refractivity contribution is -0.117. The predicted molar refractivity (Wildman–Crippen MR) is 123 cm³/mol. The number of aryl methyl sites for hydroxylation is 3. The van der Waals surface area contributed by atoms with E-state index in [-0.39, 0.29) is 11.9 Å². The highest BCUT2D eigenvalue weighted by atomic mass is 32.1. The van der Waals surface area contributed by atoms with Crippen LogP contribution < -0.4 is 10.2 Å². The van der Waals surface area contributed by atoms with Crippen LogP contribution in [-0.4, -0.2) is 48.2 Å². The Labute approximate surface area is 188 Å². The standard InChI is InChI=1S/C22H22N8OS/c1-29-12-13(10-25-29)30-9-6-15(22(30)31)26-20-18-14-4-2-3-5-17(14)32-21(18)28-19(27-20)16-11-23-7-8-24-16/h7-8,10-12,15H,2-6,9H2,1H3,(H,26,27,28). The fourth-order valence-corrected chi connectivity index (χ4v) is 5.84. The quantitative estimate of drug-likeness (QED) is 0.514. The number of carbonyl (C=O) groups excluding carboxylic acids is 1. The number of aromatic nitrogens is 6. The molecular formula is C22H22N8OS. The van der Waals surface area contributed by atoms with E-state index in [0.717, 1.165) is 34.6 Å². The topological polar surface area (TPSA) is 102 Å². The van der Waals surface area contributed by atoms with Gasteiger partial charge in [0.25, 0.3) is 0 Å². The summed E-state index contributed by atoms with van der Waals surface area (Å²) in [5.41, 5.74) is 2.78. The van der Waals surface area contributed by atoms with Crippen LogP contribution >= 0.6 is 11.3 Å². The van der Waals surface area contributed by atoms with Crippen LogP contribution in [0.5, 0.6) is 0 Å². The summed E-state index contributed by atoms with van der Waals surface area (Å²) in [6.45, 7) is 0.648. The normalized spacial score (nSPS) is 18.3. The molecule has 6 rings (SSSR count). The first-order valence-corrected chi connectivity index (χ1v) is 11.6. The highest BCUT2D eigenvalue weighted by Gasteiger charge is 2.34. The Bertz CT molecular complexity index is 1310. The van der Waals surface area contributed by atoms with Crippen molar-refractivity contribution in [2.45, 2.75) is 38.1 Å². The molecule has 10 heteroatoms. The molecule has 1 aliphatic carbocycles. The summed E-state index contributed by atoms with van der Waals surface area (Å²) in [4.78, 5) is 35.5. The highest BCUT2D eigenvalue weighted by Crippen LogP contribution is 2.40. The zero-order chi connectivity index (χ0) is 21.7. The average Bonchev–Trinajstić information content (AvgIpc) is 3.51. The van der Waals surface area contributed by atoms with E-state index in [2.05, 4.69) is 20.4 Å². The molecule has 2 aliphatic rings. The molecule has 1 aliphatic heterocycles. The molecule has 5 heterocycles. The largest absolute Gasteiger partial charge is 0.358 e. The first-order valence-electron chi connectivity index (χ1n) is 10.8. The van der Waals surface area contributed by atoms with Crippen molar-refractivity contribution in [3.8, 4) is 11.5 Å². The fraction of sp³-hybridized carbons (Fsp3) is 0.364. The van der Waals surface area contributed by atoms with Gasteiger partial charge in [0.2, 0.25) is 5.91 Å². The van der Waals surface area contributed by atoms with Crippen molar-refractivity contribution in [3.63, 3.8) is 0 Å². The van der Waals surface area contributed by atoms with Gasteiger partial charge in [-0.3, -0.25) is 14.5 Å². The summed E-state index contributed by atoms with van der Waals surface area (Å²) in [5.74, 6) is 1.29. The second-order valence-corrected chi connectivity index (χ2v) is 9.31. The Kier molecular flexibility index (Phi) is 4.60. The van der Waals surface area contributed by atoms with Crippen LogP contribution in [-0.2, 0) is 24.7 Å². The minimum Gasteiger partial charge on any atom is -0.358 e. The van der Waals surface area contributed by atoms with Gasteiger partial charge in [0.05, 0.1) is 23.5 Å². The molecule has 4 aromatic heterocycles. The molecule has 0 aromatic carbocycles. The van der Waals surface area contributed by atoms with E-state index < -0.39 is 0 Å². The summed E-state index contributed by atoms with van der Waals surface area (Å²) < 4.78 is 1.71. The minimum atomic E-state index is -0.345. The summed E-state index contributed by atoms with van der Waals surface area (Å²) in [6.07, 6.45) is 13.7. The number of hydrogen-bond acceptors (Lipinski definition) is 8. The zero-order valence-corrected chi connectivity index (χ0v) is 18.5. The molecule has 0 saturated carbocycles. The van der Waals surface area contributed by atoms with Gasteiger partial charge in [-0.15, -0.1) is 11.3 Å². The van der Waals surface area contributed by atoms with Crippen LogP contribution in [0.3, 0.4) is 0 Å². The molecule has 1 N–H and O–H groups in total. The van der Waals surface area contributed by atoms with E-state index in [1.807, 2.05) is 13.2 Å². The summed E-state index contributed by atoms with van der Waals surface area (Å²) in [6, 6.07) is -0.345. The van der Waals surface area contributed by atoms with Gasteiger partial charge in [0.1, 0.15) is 22.4 Å². The monoisotopic (exact) mass is 446 g/mol. The van der Waals surface area contributed by atoms with Crippen molar-refractivity contribution in [1.82, 2.24) is 29.7 Å². The zero-order valence-electron chi connectivity index (χ0n) is 17.7. The first-order chi connectivity index (χ1) is 15.7. The first kappa shape index (κ1) is 19.3. The molecule has 1 fully saturated rings. The lowest BCUT2D eigenvalue weighted by Gasteiger charge is -2.17. The van der Waals surface area contributed by atoms with Gasteiger partial charge in [0.15, 0.2) is 5.82 Å². The molecule has 162 valence electrons. The molecule has 0 bridgehead atoms. The van der Waals surface area contributed by atoms with Crippen molar-refractivity contribution in [2.75, 3.05) is 16.8 Å². The van der Waals surface area contributed by atoms with E-state index in [4.69, 9.17) is 9.97 Å². The molecule has 1 saturated heterocycles. The third-order valence-corrected chi connectivity index (χ3v) is 7.31. The van der Waals surface area contributed by atoms with Gasteiger partial charge < -0.3 is 10.2 Å². The summed E-state index contributed by atoms with van der Waals surface area (Å²) >= 11 is 1.74. The Hall–Kier alpha value is -3.40. The van der Waals surface area contributed by atoms with E-state index in [0.29, 0.717) is 24.5 Å². The van der Waals surface area contributed by atoms with Crippen LogP contribution in [0.1, 0.15) is 29.7 Å². The van der Waals surface area contributed by atoms with Crippen LogP contribution in [0.4, 0.5) is 11.5 Å². The second-order valence-electron chi connectivity index (χ2n) is 8.23. The lowest BCUT2D eigenvalue weighted by atomic mass is 9.97. The number of anilines is 2. The molecule has 9 nitrogen and oxygen atoms in total. The third-order valence-electron chi connectivity index (χ3n) is 6.13. The van der Waals surface area contributed by atoms with Gasteiger partial charge in [-0.25, -0.2) is 15.0 Å². The molecule has 0 spiro atoms. The van der Waals surface area contributed by atoms with Gasteiger partial charge in [-0.05, 0) is 37.7 Å². The van der Waals surface area contributed by atoms with Crippen molar-refractivity contribution >= 4 is 39.0 Å². The minimum absolute atomic E-state index is 0.0370. The molecular weight excluding hydrogens is 424 g/mol. The van der Waals surface area contributed by atoms with Crippen molar-refractivity contribution in [1.29, 1.82) is 0 Å². The number of carbonyl (C=O) groups is 1. The number of nitrogens with one attached hydrogen (secondary N) is 1.